The first-order valence-electron chi connectivity index (χ1n) is 6.86. The molecule has 0 spiro atoms. The Morgan fingerprint density at radius 3 is 2.40 bits per heavy atom. The predicted octanol–water partition coefficient (Wildman–Crippen LogP) is 4.08. The number of rotatable bonds is 6. The average molecular weight is 314 g/mol. The van der Waals surface area contributed by atoms with Gasteiger partial charge in [0, 0.05) is 6.42 Å². The number of carbonyl (C=O) groups excluding carboxylic acids is 1. The summed E-state index contributed by atoms with van der Waals surface area (Å²) in [7, 11) is 0. The van der Waals surface area contributed by atoms with Crippen LogP contribution in [0.5, 0.6) is 0 Å². The molecule has 0 unspecified atom stereocenters. The SMILES string of the molecule is CCOC(=O)CCCCc1ccc[cH-]1.[Fe+2].c1cc[cH-]c1. The topological polar surface area (TPSA) is 26.3 Å². The van der Waals surface area contributed by atoms with Crippen LogP contribution < -0.4 is 0 Å². The van der Waals surface area contributed by atoms with Gasteiger partial charge in [0.15, 0.2) is 0 Å². The first-order chi connectivity index (χ1) is 9.33. The molecule has 110 valence electrons. The smallest absolute Gasteiger partial charge is 0.466 e. The van der Waals surface area contributed by atoms with Gasteiger partial charge in [0.05, 0.1) is 6.61 Å². The van der Waals surface area contributed by atoms with Crippen molar-refractivity contribution in [2.24, 2.45) is 0 Å². The number of esters is 1. The summed E-state index contributed by atoms with van der Waals surface area (Å²) in [5.74, 6) is -0.0741. The Labute approximate surface area is 132 Å². The monoisotopic (exact) mass is 314 g/mol. The molecule has 2 aromatic rings. The van der Waals surface area contributed by atoms with E-state index in [1.807, 2.05) is 49.4 Å². The normalized spacial score (nSPS) is 9.05. The molecule has 0 aliphatic carbocycles. The molecule has 0 aliphatic rings. The molecule has 0 fully saturated rings. The third-order valence-electron chi connectivity index (χ3n) is 2.69. The number of hydrogen-bond donors (Lipinski definition) is 0. The van der Waals surface area contributed by atoms with Crippen molar-refractivity contribution >= 4 is 5.97 Å². The Bertz CT molecular complexity index is 387. The van der Waals surface area contributed by atoms with Gasteiger partial charge in [-0.15, -0.1) is 0 Å². The fraction of sp³-hybridized carbons (Fsp3) is 0.353. The van der Waals surface area contributed by atoms with E-state index in [9.17, 15) is 4.79 Å². The van der Waals surface area contributed by atoms with Gasteiger partial charge in [0.2, 0.25) is 0 Å². The van der Waals surface area contributed by atoms with Gasteiger partial charge in [-0.2, -0.15) is 35.9 Å². The molecule has 2 nitrogen and oxygen atoms in total. The van der Waals surface area contributed by atoms with E-state index in [2.05, 4.69) is 12.1 Å². The first kappa shape index (κ1) is 18.7. The van der Waals surface area contributed by atoms with Crippen LogP contribution >= 0.6 is 0 Å². The number of carbonyl (C=O) groups is 1. The minimum Gasteiger partial charge on any atom is -0.466 e. The van der Waals surface area contributed by atoms with Crippen molar-refractivity contribution in [3.8, 4) is 0 Å². The molecule has 0 radical (unpaired) electrons. The maximum atomic E-state index is 11.0. The van der Waals surface area contributed by atoms with Crippen LogP contribution in [-0.2, 0) is 33.0 Å². The molecule has 0 saturated carbocycles. The van der Waals surface area contributed by atoms with Crippen LogP contribution in [0, 0.1) is 0 Å². The minimum atomic E-state index is -0.0741. The van der Waals surface area contributed by atoms with Crippen molar-refractivity contribution in [2.45, 2.75) is 32.6 Å². The molecule has 0 heterocycles. The number of hydrogen-bond acceptors (Lipinski definition) is 2. The second-order valence-corrected chi connectivity index (χ2v) is 4.27. The van der Waals surface area contributed by atoms with Crippen molar-refractivity contribution < 1.29 is 26.6 Å². The Morgan fingerprint density at radius 2 is 1.90 bits per heavy atom. The Kier molecular flexibility index (Phi) is 11.9. The summed E-state index contributed by atoms with van der Waals surface area (Å²) in [5.41, 5.74) is 1.36. The van der Waals surface area contributed by atoms with Gasteiger partial charge < -0.3 is 4.74 Å². The summed E-state index contributed by atoms with van der Waals surface area (Å²) in [6.45, 7) is 2.32. The molecule has 3 heteroatoms. The summed E-state index contributed by atoms with van der Waals surface area (Å²) in [6.07, 6.45) is 3.59. The van der Waals surface area contributed by atoms with Gasteiger partial charge in [-0.1, -0.05) is 12.8 Å². The molecule has 2 aromatic carbocycles. The van der Waals surface area contributed by atoms with Crippen molar-refractivity contribution in [1.82, 2.24) is 0 Å². The third-order valence-corrected chi connectivity index (χ3v) is 2.69. The molecular formula is C17H22FeO2. The second-order valence-electron chi connectivity index (χ2n) is 4.27. The number of aryl methyl sites for hydroxylation is 1. The Hall–Kier alpha value is -1.31. The summed E-state index contributed by atoms with van der Waals surface area (Å²) in [4.78, 5) is 11.0. The predicted molar refractivity (Wildman–Crippen MR) is 78.3 cm³/mol. The van der Waals surface area contributed by atoms with Crippen LogP contribution in [0.1, 0.15) is 31.7 Å². The van der Waals surface area contributed by atoms with Crippen LogP contribution in [0.3, 0.4) is 0 Å². The van der Waals surface area contributed by atoms with Crippen LogP contribution in [0.4, 0.5) is 0 Å². The zero-order chi connectivity index (χ0) is 13.8. The van der Waals surface area contributed by atoms with Gasteiger partial charge in [-0.05, 0) is 13.3 Å². The van der Waals surface area contributed by atoms with E-state index in [0.29, 0.717) is 13.0 Å². The Balaban J connectivity index is 0.000000507. The van der Waals surface area contributed by atoms with Crippen LogP contribution in [0.2, 0.25) is 0 Å². The number of ether oxygens (including phenoxy) is 1. The van der Waals surface area contributed by atoms with Gasteiger partial charge in [-0.25, -0.2) is 24.3 Å². The van der Waals surface area contributed by atoms with Crippen molar-refractivity contribution in [1.29, 1.82) is 0 Å². The van der Waals surface area contributed by atoms with Crippen LogP contribution in [-0.4, -0.2) is 12.6 Å². The molecule has 20 heavy (non-hydrogen) atoms. The van der Waals surface area contributed by atoms with Gasteiger partial charge >= 0.3 is 23.0 Å². The summed E-state index contributed by atoms with van der Waals surface area (Å²) < 4.78 is 4.84. The quantitative estimate of drug-likeness (QED) is 0.347. The van der Waals surface area contributed by atoms with E-state index in [-0.39, 0.29) is 23.0 Å². The van der Waals surface area contributed by atoms with Gasteiger partial charge in [0.1, 0.15) is 0 Å². The van der Waals surface area contributed by atoms with E-state index >= 15 is 0 Å². The van der Waals surface area contributed by atoms with E-state index in [0.717, 1.165) is 19.3 Å². The maximum Gasteiger partial charge on any atom is 2.00 e. The molecule has 0 saturated heterocycles. The van der Waals surface area contributed by atoms with E-state index < -0.39 is 0 Å². The standard InChI is InChI=1S/C12H17O2.C5H5.Fe/c1-2-14-12(13)10-6-5-9-11-7-3-4-8-11;1-2-4-5-3-1;/h3-4,7-8H,2,5-6,9-10H2,1H3;1-5H;/q2*-1;+2. The van der Waals surface area contributed by atoms with E-state index in [4.69, 9.17) is 4.74 Å². The molecule has 0 aliphatic heterocycles. The van der Waals surface area contributed by atoms with Crippen molar-refractivity contribution in [3.63, 3.8) is 0 Å². The van der Waals surface area contributed by atoms with Gasteiger partial charge in [0.25, 0.3) is 0 Å². The molecule has 0 N–H and O–H groups in total. The summed E-state index contributed by atoms with van der Waals surface area (Å²) in [5, 5.41) is 0. The van der Waals surface area contributed by atoms with Crippen molar-refractivity contribution in [2.75, 3.05) is 6.61 Å². The average Bonchev–Trinajstić information content (AvgIpc) is 3.10. The number of unbranched alkanes of at least 4 members (excludes halogenated alkanes) is 1. The second kappa shape index (κ2) is 12.7. The minimum absolute atomic E-state index is 0. The first-order valence-corrected chi connectivity index (χ1v) is 6.86. The zero-order valence-corrected chi connectivity index (χ0v) is 13.0. The molecule has 2 rings (SSSR count). The van der Waals surface area contributed by atoms with Gasteiger partial charge in [-0.3, -0.25) is 4.79 Å². The molecular weight excluding hydrogens is 292 g/mol. The van der Waals surface area contributed by atoms with Crippen LogP contribution in [0.15, 0.2) is 54.6 Å². The summed E-state index contributed by atoms with van der Waals surface area (Å²) >= 11 is 0. The zero-order valence-electron chi connectivity index (χ0n) is 11.9. The summed E-state index contributed by atoms with van der Waals surface area (Å²) in [6, 6.07) is 18.3. The fourth-order valence-corrected chi connectivity index (χ4v) is 1.73. The molecule has 0 atom stereocenters. The third kappa shape index (κ3) is 9.60. The maximum absolute atomic E-state index is 11.0. The molecule has 0 bridgehead atoms. The van der Waals surface area contributed by atoms with Crippen LogP contribution in [0.25, 0.3) is 0 Å². The van der Waals surface area contributed by atoms with Crippen molar-refractivity contribution in [3.05, 3.63) is 60.2 Å². The van der Waals surface area contributed by atoms with E-state index in [1.165, 1.54) is 5.56 Å². The largest absolute Gasteiger partial charge is 2.00 e. The fourth-order valence-electron chi connectivity index (χ4n) is 1.73. The molecule has 0 amide bonds. The van der Waals surface area contributed by atoms with E-state index in [1.54, 1.807) is 0 Å². The molecule has 0 aromatic heterocycles. The Morgan fingerprint density at radius 1 is 1.15 bits per heavy atom.